The van der Waals surface area contributed by atoms with Crippen molar-refractivity contribution in [2.45, 2.75) is 46.2 Å². The van der Waals surface area contributed by atoms with Gasteiger partial charge in [-0.25, -0.2) is 9.97 Å². The van der Waals surface area contributed by atoms with Gasteiger partial charge in [0, 0.05) is 12.6 Å². The maximum absolute atomic E-state index is 4.52. The molecule has 3 rings (SSSR count). The average Bonchev–Trinajstić information content (AvgIpc) is 3.04. The van der Waals surface area contributed by atoms with Crippen LogP contribution in [0.25, 0.3) is 11.0 Å². The highest BCUT2D eigenvalue weighted by Gasteiger charge is 2.24. The molecule has 0 bridgehead atoms. The van der Waals surface area contributed by atoms with Crippen molar-refractivity contribution in [3.8, 4) is 0 Å². The van der Waals surface area contributed by atoms with E-state index in [-0.39, 0.29) is 0 Å². The van der Waals surface area contributed by atoms with Crippen molar-refractivity contribution in [3.63, 3.8) is 0 Å². The Morgan fingerprint density at radius 3 is 2.71 bits per heavy atom. The molecule has 0 saturated heterocycles. The second-order valence-corrected chi connectivity index (χ2v) is 4.64. The van der Waals surface area contributed by atoms with Gasteiger partial charge >= 0.3 is 0 Å². The first-order chi connectivity index (χ1) is 8.19. The largest absolute Gasteiger partial charge is 0.365 e. The van der Waals surface area contributed by atoms with E-state index < -0.39 is 0 Å². The predicted molar refractivity (Wildman–Crippen MR) is 67.1 cm³/mol. The number of nitrogens with one attached hydrogen (secondary N) is 1. The molecular weight excluding hydrogens is 214 g/mol. The second kappa shape index (κ2) is 3.68. The molecule has 2 heterocycles. The van der Waals surface area contributed by atoms with Gasteiger partial charge in [0.05, 0.1) is 5.69 Å². The van der Waals surface area contributed by atoms with Crippen molar-refractivity contribution in [2.75, 3.05) is 5.32 Å². The summed E-state index contributed by atoms with van der Waals surface area (Å²) in [6.07, 6.45) is 2.48. The first-order valence-corrected chi connectivity index (χ1v) is 6.17. The van der Waals surface area contributed by atoms with Gasteiger partial charge in [-0.05, 0) is 33.6 Å². The third-order valence-corrected chi connectivity index (χ3v) is 3.09. The molecule has 1 aliphatic rings. The number of hydrogen-bond donors (Lipinski definition) is 1. The minimum Gasteiger partial charge on any atom is -0.365 e. The first-order valence-electron chi connectivity index (χ1n) is 6.17. The van der Waals surface area contributed by atoms with Crippen molar-refractivity contribution in [1.29, 1.82) is 0 Å². The van der Waals surface area contributed by atoms with Gasteiger partial charge < -0.3 is 5.32 Å². The fourth-order valence-corrected chi connectivity index (χ4v) is 2.09. The maximum atomic E-state index is 4.52. The summed E-state index contributed by atoms with van der Waals surface area (Å²) in [5.74, 6) is 1.75. The number of rotatable bonds is 3. The van der Waals surface area contributed by atoms with E-state index in [2.05, 4.69) is 27.3 Å². The molecule has 0 aromatic carbocycles. The van der Waals surface area contributed by atoms with Gasteiger partial charge in [-0.3, -0.25) is 4.68 Å². The molecule has 1 saturated carbocycles. The Labute approximate surface area is 100 Å². The molecule has 2 aromatic heterocycles. The molecular formula is C12H17N5. The van der Waals surface area contributed by atoms with Crippen LogP contribution < -0.4 is 5.32 Å². The Hall–Kier alpha value is -1.65. The number of hydrogen-bond acceptors (Lipinski definition) is 4. The molecule has 17 heavy (non-hydrogen) atoms. The van der Waals surface area contributed by atoms with Crippen LogP contribution in [-0.4, -0.2) is 25.8 Å². The summed E-state index contributed by atoms with van der Waals surface area (Å²) in [4.78, 5) is 9.02. The van der Waals surface area contributed by atoms with E-state index in [1.807, 2.05) is 18.5 Å². The summed E-state index contributed by atoms with van der Waals surface area (Å²) in [5.41, 5.74) is 3.00. The molecule has 1 N–H and O–H groups in total. The van der Waals surface area contributed by atoms with Crippen LogP contribution in [0.2, 0.25) is 0 Å². The van der Waals surface area contributed by atoms with Crippen LogP contribution in [0.5, 0.6) is 0 Å². The normalized spacial score (nSPS) is 15.5. The Bertz CT molecular complexity index is 568. The molecule has 0 spiro atoms. The lowest BCUT2D eigenvalue weighted by molar-refractivity contribution is 0.675. The molecule has 0 radical (unpaired) electrons. The van der Waals surface area contributed by atoms with Crippen LogP contribution >= 0.6 is 0 Å². The van der Waals surface area contributed by atoms with E-state index in [1.54, 1.807) is 0 Å². The average molecular weight is 231 g/mol. The Morgan fingerprint density at radius 1 is 1.29 bits per heavy atom. The standard InChI is InChI=1S/C12H17N5/c1-4-17-11-10(7(2)16-17)13-8(3)14-12(11)15-9-5-6-9/h9H,4-6H2,1-3H3,(H,13,14,15). The van der Waals surface area contributed by atoms with Crippen LogP contribution in [0.1, 0.15) is 31.3 Å². The number of nitrogens with zero attached hydrogens (tertiary/aromatic N) is 4. The van der Waals surface area contributed by atoms with Crippen molar-refractivity contribution < 1.29 is 0 Å². The first kappa shape index (κ1) is 10.5. The summed E-state index contributed by atoms with van der Waals surface area (Å²) in [6, 6.07) is 0.591. The van der Waals surface area contributed by atoms with Crippen LogP contribution in [-0.2, 0) is 6.54 Å². The van der Waals surface area contributed by atoms with E-state index in [1.165, 1.54) is 12.8 Å². The number of aromatic nitrogens is 4. The van der Waals surface area contributed by atoms with Crippen LogP contribution in [0.4, 0.5) is 5.82 Å². The summed E-state index contributed by atoms with van der Waals surface area (Å²) in [7, 11) is 0. The molecule has 90 valence electrons. The zero-order valence-corrected chi connectivity index (χ0v) is 10.5. The zero-order chi connectivity index (χ0) is 12.0. The van der Waals surface area contributed by atoms with Crippen molar-refractivity contribution in [1.82, 2.24) is 19.7 Å². The highest BCUT2D eigenvalue weighted by Crippen LogP contribution is 2.29. The second-order valence-electron chi connectivity index (χ2n) is 4.64. The minimum atomic E-state index is 0.591. The molecule has 0 amide bonds. The predicted octanol–water partition coefficient (Wildman–Crippen LogP) is 2.04. The molecule has 5 heteroatoms. The van der Waals surface area contributed by atoms with Gasteiger partial charge in [0.1, 0.15) is 16.9 Å². The Kier molecular flexibility index (Phi) is 2.28. The SMILES string of the molecule is CCn1nc(C)c2nc(C)nc(NC3CC3)c21. The number of fused-ring (bicyclic) bond motifs is 1. The molecule has 0 aliphatic heterocycles. The van der Waals surface area contributed by atoms with Crippen molar-refractivity contribution in [3.05, 3.63) is 11.5 Å². The lowest BCUT2D eigenvalue weighted by Gasteiger charge is -2.08. The van der Waals surface area contributed by atoms with Gasteiger partial charge in [0.2, 0.25) is 0 Å². The molecule has 1 aliphatic carbocycles. The number of anilines is 1. The molecule has 5 nitrogen and oxygen atoms in total. The van der Waals surface area contributed by atoms with E-state index in [0.717, 1.165) is 34.9 Å². The van der Waals surface area contributed by atoms with E-state index in [0.29, 0.717) is 6.04 Å². The highest BCUT2D eigenvalue weighted by atomic mass is 15.3. The topological polar surface area (TPSA) is 55.6 Å². The van der Waals surface area contributed by atoms with Gasteiger partial charge in [0.25, 0.3) is 0 Å². The fourth-order valence-electron chi connectivity index (χ4n) is 2.09. The van der Waals surface area contributed by atoms with Crippen molar-refractivity contribution in [2.24, 2.45) is 0 Å². The third kappa shape index (κ3) is 1.75. The molecule has 0 unspecified atom stereocenters. The lowest BCUT2D eigenvalue weighted by atomic mass is 10.3. The smallest absolute Gasteiger partial charge is 0.156 e. The van der Waals surface area contributed by atoms with Gasteiger partial charge in [0.15, 0.2) is 5.82 Å². The van der Waals surface area contributed by atoms with Crippen molar-refractivity contribution >= 4 is 16.9 Å². The third-order valence-electron chi connectivity index (χ3n) is 3.09. The Morgan fingerprint density at radius 2 is 2.06 bits per heavy atom. The maximum Gasteiger partial charge on any atom is 0.156 e. The number of aryl methyl sites for hydroxylation is 3. The van der Waals surface area contributed by atoms with Crippen LogP contribution in [0.15, 0.2) is 0 Å². The van der Waals surface area contributed by atoms with E-state index in [4.69, 9.17) is 0 Å². The zero-order valence-electron chi connectivity index (χ0n) is 10.5. The summed E-state index contributed by atoms with van der Waals surface area (Å²) in [6.45, 7) is 6.87. The van der Waals surface area contributed by atoms with E-state index in [9.17, 15) is 0 Å². The highest BCUT2D eigenvalue weighted by molar-refractivity contribution is 5.87. The molecule has 1 fully saturated rings. The van der Waals surface area contributed by atoms with Crippen LogP contribution in [0, 0.1) is 13.8 Å². The quantitative estimate of drug-likeness (QED) is 0.878. The monoisotopic (exact) mass is 231 g/mol. The molecule has 2 aromatic rings. The van der Waals surface area contributed by atoms with Gasteiger partial charge in [-0.2, -0.15) is 5.10 Å². The fraction of sp³-hybridized carbons (Fsp3) is 0.583. The van der Waals surface area contributed by atoms with E-state index >= 15 is 0 Å². The summed E-state index contributed by atoms with van der Waals surface area (Å²) >= 11 is 0. The van der Waals surface area contributed by atoms with Gasteiger partial charge in [-0.15, -0.1) is 0 Å². The van der Waals surface area contributed by atoms with Crippen LogP contribution in [0.3, 0.4) is 0 Å². The minimum absolute atomic E-state index is 0.591. The molecule has 0 atom stereocenters. The Balaban J connectivity index is 2.22. The summed E-state index contributed by atoms with van der Waals surface area (Å²) < 4.78 is 1.98. The summed E-state index contributed by atoms with van der Waals surface area (Å²) in [5, 5.41) is 7.99. The lowest BCUT2D eigenvalue weighted by Crippen LogP contribution is -2.08. The van der Waals surface area contributed by atoms with Gasteiger partial charge in [-0.1, -0.05) is 0 Å².